The van der Waals surface area contributed by atoms with Crippen LogP contribution in [0.3, 0.4) is 0 Å². The molecule has 0 spiro atoms. The highest BCUT2D eigenvalue weighted by atomic mass is 32.2. The van der Waals surface area contributed by atoms with Gasteiger partial charge in [0.2, 0.25) is 10.0 Å². The number of benzene rings is 1. The lowest BCUT2D eigenvalue weighted by molar-refractivity contribution is 0.101. The van der Waals surface area contributed by atoms with Crippen LogP contribution in [0, 0.1) is 6.92 Å². The third-order valence-corrected chi connectivity index (χ3v) is 6.02. The van der Waals surface area contributed by atoms with Crippen LogP contribution in [-0.4, -0.2) is 37.7 Å². The van der Waals surface area contributed by atoms with Gasteiger partial charge < -0.3 is 9.15 Å². The Morgan fingerprint density at radius 3 is 2.73 bits per heavy atom. The van der Waals surface area contributed by atoms with Crippen molar-refractivity contribution in [3.8, 4) is 5.75 Å². The quantitative estimate of drug-likeness (QED) is 0.740. The van der Waals surface area contributed by atoms with Gasteiger partial charge in [0.25, 0.3) is 0 Å². The topological polar surface area (TPSA) is 93.9 Å². The summed E-state index contributed by atoms with van der Waals surface area (Å²) < 4.78 is 37.6. The van der Waals surface area contributed by atoms with Crippen molar-refractivity contribution in [1.29, 1.82) is 0 Å². The number of hydrogen-bond donors (Lipinski definition) is 0. The second-order valence-corrected chi connectivity index (χ2v) is 8.14. The standard InChI is InChI=1S/C18H19NO6S/c1-12-8-16(10-18(21)24-12)25-15-6-7-19(11-15)26(22,23)17-5-3-4-14(9-17)13(2)20/h3-5,8-10,15H,6-7,11H2,1-2H3. The van der Waals surface area contributed by atoms with Gasteiger partial charge in [-0.25, -0.2) is 13.2 Å². The average Bonchev–Trinajstić information content (AvgIpc) is 3.03. The Labute approximate surface area is 151 Å². The molecular formula is C18H19NO6S. The number of nitrogens with zero attached hydrogens (tertiary/aromatic N) is 1. The fraction of sp³-hybridized carbons (Fsp3) is 0.333. The normalized spacial score (nSPS) is 18.0. The van der Waals surface area contributed by atoms with Crippen LogP contribution in [0.15, 0.2) is 50.5 Å². The molecule has 1 aliphatic rings. The van der Waals surface area contributed by atoms with Crippen molar-refractivity contribution in [1.82, 2.24) is 4.31 Å². The van der Waals surface area contributed by atoms with Gasteiger partial charge in [-0.05, 0) is 32.4 Å². The van der Waals surface area contributed by atoms with E-state index in [-0.39, 0.29) is 23.3 Å². The Hall–Kier alpha value is -2.45. The molecule has 1 unspecified atom stereocenters. The number of rotatable bonds is 5. The van der Waals surface area contributed by atoms with E-state index in [2.05, 4.69) is 0 Å². The second-order valence-electron chi connectivity index (χ2n) is 6.20. The Morgan fingerprint density at radius 1 is 1.27 bits per heavy atom. The van der Waals surface area contributed by atoms with Crippen molar-refractivity contribution in [2.75, 3.05) is 13.1 Å². The highest BCUT2D eigenvalue weighted by molar-refractivity contribution is 7.89. The van der Waals surface area contributed by atoms with Crippen LogP contribution < -0.4 is 10.4 Å². The average molecular weight is 377 g/mol. The highest BCUT2D eigenvalue weighted by Crippen LogP contribution is 2.24. The van der Waals surface area contributed by atoms with Crippen molar-refractivity contribution >= 4 is 15.8 Å². The van der Waals surface area contributed by atoms with Gasteiger partial charge >= 0.3 is 5.63 Å². The first-order chi connectivity index (χ1) is 12.3. The molecule has 0 aliphatic carbocycles. The van der Waals surface area contributed by atoms with Gasteiger partial charge in [-0.15, -0.1) is 0 Å². The Kier molecular flexibility index (Phi) is 4.97. The van der Waals surface area contributed by atoms with Crippen LogP contribution in [0.25, 0.3) is 0 Å². The monoisotopic (exact) mass is 377 g/mol. The summed E-state index contributed by atoms with van der Waals surface area (Å²) in [5.74, 6) is 0.598. The molecule has 1 aromatic heterocycles. The molecule has 2 heterocycles. The van der Waals surface area contributed by atoms with E-state index in [0.29, 0.717) is 30.0 Å². The summed E-state index contributed by atoms with van der Waals surface area (Å²) in [7, 11) is -3.72. The maximum absolute atomic E-state index is 12.8. The summed E-state index contributed by atoms with van der Waals surface area (Å²) in [4.78, 5) is 23.0. The molecule has 0 radical (unpaired) electrons. The summed E-state index contributed by atoms with van der Waals surface area (Å²) in [6, 6.07) is 8.83. The molecule has 1 atom stereocenters. The zero-order chi connectivity index (χ0) is 18.9. The van der Waals surface area contributed by atoms with Gasteiger partial charge in [-0.2, -0.15) is 4.31 Å². The number of sulfonamides is 1. The number of carbonyl (C=O) groups excluding carboxylic acids is 1. The molecule has 3 rings (SSSR count). The van der Waals surface area contributed by atoms with Crippen LogP contribution >= 0.6 is 0 Å². The van der Waals surface area contributed by atoms with E-state index in [9.17, 15) is 18.0 Å². The lowest BCUT2D eigenvalue weighted by Gasteiger charge is -2.17. The van der Waals surface area contributed by atoms with E-state index in [1.54, 1.807) is 25.1 Å². The van der Waals surface area contributed by atoms with Crippen molar-refractivity contribution in [2.45, 2.75) is 31.3 Å². The van der Waals surface area contributed by atoms with Crippen molar-refractivity contribution < 1.29 is 22.4 Å². The third kappa shape index (κ3) is 3.86. The molecule has 0 N–H and O–H groups in total. The number of hydrogen-bond acceptors (Lipinski definition) is 6. The van der Waals surface area contributed by atoms with Crippen molar-refractivity contribution in [2.24, 2.45) is 0 Å². The molecular weight excluding hydrogens is 358 g/mol. The molecule has 138 valence electrons. The molecule has 8 heteroatoms. The van der Waals surface area contributed by atoms with E-state index < -0.39 is 15.6 Å². The highest BCUT2D eigenvalue weighted by Gasteiger charge is 2.34. The number of aryl methyl sites for hydroxylation is 1. The molecule has 1 aromatic carbocycles. The largest absolute Gasteiger partial charge is 0.489 e. The fourth-order valence-electron chi connectivity index (χ4n) is 2.87. The first-order valence-corrected chi connectivity index (χ1v) is 9.59. The minimum absolute atomic E-state index is 0.0852. The molecule has 1 fully saturated rings. The predicted molar refractivity (Wildman–Crippen MR) is 94.0 cm³/mol. The van der Waals surface area contributed by atoms with Crippen LogP contribution in [0.4, 0.5) is 0 Å². The van der Waals surface area contributed by atoms with Crippen molar-refractivity contribution in [3.63, 3.8) is 0 Å². The number of Topliss-reactive ketones (excluding diaryl/α,β-unsaturated/α-hetero) is 1. The van der Waals surface area contributed by atoms with E-state index in [4.69, 9.17) is 9.15 Å². The summed E-state index contributed by atoms with van der Waals surface area (Å²) in [5, 5.41) is 0. The molecule has 1 saturated heterocycles. The SMILES string of the molecule is CC(=O)c1cccc(S(=O)(=O)N2CCC(Oc3cc(C)oc(=O)c3)C2)c1. The minimum atomic E-state index is -3.72. The number of ketones is 1. The third-order valence-electron chi connectivity index (χ3n) is 4.16. The van der Waals surface area contributed by atoms with Crippen molar-refractivity contribution in [3.05, 3.63) is 58.1 Å². The summed E-state index contributed by atoms with van der Waals surface area (Å²) in [6.07, 6.45) is 0.146. The van der Waals surface area contributed by atoms with Crippen LogP contribution in [0.5, 0.6) is 5.75 Å². The molecule has 1 aliphatic heterocycles. The van der Waals surface area contributed by atoms with Crippen LogP contribution in [0.2, 0.25) is 0 Å². The smallest absolute Gasteiger partial charge is 0.339 e. The van der Waals surface area contributed by atoms with Gasteiger partial charge in [0.05, 0.1) is 17.5 Å². The zero-order valence-electron chi connectivity index (χ0n) is 14.5. The fourth-order valence-corrected chi connectivity index (χ4v) is 4.41. The lowest BCUT2D eigenvalue weighted by Crippen LogP contribution is -2.31. The molecule has 7 nitrogen and oxygen atoms in total. The predicted octanol–water partition coefficient (Wildman–Crippen LogP) is 1.99. The first kappa shape index (κ1) is 18.3. The van der Waals surface area contributed by atoms with Gasteiger partial charge in [0.1, 0.15) is 17.6 Å². The Morgan fingerprint density at radius 2 is 2.04 bits per heavy atom. The van der Waals surface area contributed by atoms with Crippen LogP contribution in [0.1, 0.15) is 29.5 Å². The lowest BCUT2D eigenvalue weighted by atomic mass is 10.2. The molecule has 0 amide bonds. The zero-order valence-corrected chi connectivity index (χ0v) is 15.3. The Bertz CT molecular complexity index is 995. The molecule has 0 saturated carbocycles. The van der Waals surface area contributed by atoms with E-state index >= 15 is 0 Å². The maximum Gasteiger partial charge on any atom is 0.339 e. The van der Waals surface area contributed by atoms with E-state index in [1.165, 1.54) is 29.4 Å². The molecule has 0 bridgehead atoms. The summed E-state index contributed by atoms with van der Waals surface area (Å²) in [6.45, 7) is 3.51. The van der Waals surface area contributed by atoms with E-state index in [0.717, 1.165) is 0 Å². The summed E-state index contributed by atoms with van der Waals surface area (Å²) >= 11 is 0. The Balaban J connectivity index is 1.76. The van der Waals surface area contributed by atoms with Gasteiger partial charge in [-0.1, -0.05) is 12.1 Å². The molecule has 2 aromatic rings. The first-order valence-electron chi connectivity index (χ1n) is 8.15. The maximum atomic E-state index is 12.8. The summed E-state index contributed by atoms with van der Waals surface area (Å²) in [5.41, 5.74) is -0.159. The van der Waals surface area contributed by atoms with Gasteiger partial charge in [0, 0.05) is 18.2 Å². The second kappa shape index (κ2) is 7.05. The minimum Gasteiger partial charge on any atom is -0.489 e. The van der Waals surface area contributed by atoms with Gasteiger partial charge in [0.15, 0.2) is 5.78 Å². The van der Waals surface area contributed by atoms with E-state index in [1.807, 2.05) is 0 Å². The van der Waals surface area contributed by atoms with Gasteiger partial charge in [-0.3, -0.25) is 4.79 Å². The van der Waals surface area contributed by atoms with Crippen LogP contribution in [-0.2, 0) is 10.0 Å². The molecule has 26 heavy (non-hydrogen) atoms. The number of carbonyl (C=O) groups is 1. The number of ether oxygens (including phenoxy) is 1.